The van der Waals surface area contributed by atoms with E-state index in [-0.39, 0.29) is 0 Å². The summed E-state index contributed by atoms with van der Waals surface area (Å²) in [6.45, 7) is 2.88. The molecule has 0 aliphatic carbocycles. The predicted molar refractivity (Wildman–Crippen MR) is 67.0 cm³/mol. The molecule has 0 aromatic carbocycles. The van der Waals surface area contributed by atoms with Crippen LogP contribution in [0.25, 0.3) is 0 Å². The molecule has 1 aromatic heterocycles. The van der Waals surface area contributed by atoms with Crippen LogP contribution in [0.3, 0.4) is 0 Å². The summed E-state index contributed by atoms with van der Waals surface area (Å²) < 4.78 is 0. The molecule has 1 fully saturated rings. The molecular formula is C11H15N3O2S. The van der Waals surface area contributed by atoms with Gasteiger partial charge in [0.25, 0.3) is 0 Å². The zero-order valence-electron chi connectivity index (χ0n) is 9.44. The largest absolute Gasteiger partial charge is 0.333 e. The maximum atomic E-state index is 11.9. The molecule has 2 heterocycles. The van der Waals surface area contributed by atoms with Crippen LogP contribution in [0.4, 0.5) is 5.69 Å². The first kappa shape index (κ1) is 12.1. The van der Waals surface area contributed by atoms with Gasteiger partial charge in [0.2, 0.25) is 0 Å². The highest BCUT2D eigenvalue weighted by Crippen LogP contribution is 2.11. The van der Waals surface area contributed by atoms with Gasteiger partial charge >= 0.3 is 11.8 Å². The molecule has 0 saturated carbocycles. The van der Waals surface area contributed by atoms with Crippen molar-refractivity contribution >= 4 is 28.8 Å². The Morgan fingerprint density at radius 2 is 2.24 bits per heavy atom. The number of nitrogens with one attached hydrogen (secondary N) is 2. The number of hydrogen-bond donors (Lipinski definition) is 2. The standard InChI is InChI=1S/C11H15N3O2S/c15-10(13-9-2-7-17-8-9)11(16)14-5-1-3-12-4-6-14/h2,7-8,12H,1,3-6H2,(H,13,15). The molecule has 1 aliphatic rings. The highest BCUT2D eigenvalue weighted by molar-refractivity contribution is 7.08. The minimum absolute atomic E-state index is 0.445. The van der Waals surface area contributed by atoms with Crippen LogP contribution < -0.4 is 10.6 Å². The topological polar surface area (TPSA) is 61.4 Å². The molecule has 92 valence electrons. The fraction of sp³-hybridized carbons (Fsp3) is 0.455. The SMILES string of the molecule is O=C(Nc1ccsc1)C(=O)N1CCCNCC1. The first-order chi connectivity index (χ1) is 8.27. The van der Waals surface area contributed by atoms with E-state index in [4.69, 9.17) is 0 Å². The zero-order valence-corrected chi connectivity index (χ0v) is 10.3. The smallest absolute Gasteiger partial charge is 0.313 e. The second kappa shape index (κ2) is 5.79. The van der Waals surface area contributed by atoms with Gasteiger partial charge in [0, 0.05) is 25.0 Å². The molecule has 2 amide bonds. The van der Waals surface area contributed by atoms with Crippen molar-refractivity contribution in [2.75, 3.05) is 31.5 Å². The molecule has 5 nitrogen and oxygen atoms in total. The molecule has 0 unspecified atom stereocenters. The van der Waals surface area contributed by atoms with Crippen molar-refractivity contribution in [3.8, 4) is 0 Å². The fourth-order valence-corrected chi connectivity index (χ4v) is 2.30. The zero-order chi connectivity index (χ0) is 12.1. The van der Waals surface area contributed by atoms with Gasteiger partial charge < -0.3 is 15.5 Å². The average molecular weight is 253 g/mol. The Hall–Kier alpha value is -1.40. The van der Waals surface area contributed by atoms with Crippen molar-refractivity contribution in [2.24, 2.45) is 0 Å². The average Bonchev–Trinajstić information content (AvgIpc) is 2.68. The lowest BCUT2D eigenvalue weighted by Crippen LogP contribution is -2.41. The number of amides is 2. The first-order valence-corrected chi connectivity index (χ1v) is 6.55. The minimum atomic E-state index is -0.551. The van der Waals surface area contributed by atoms with Gasteiger partial charge in [-0.2, -0.15) is 11.3 Å². The summed E-state index contributed by atoms with van der Waals surface area (Å²) in [6, 6.07) is 1.78. The van der Waals surface area contributed by atoms with Crippen molar-refractivity contribution in [1.82, 2.24) is 10.2 Å². The van der Waals surface area contributed by atoms with E-state index >= 15 is 0 Å². The molecule has 17 heavy (non-hydrogen) atoms. The molecule has 0 radical (unpaired) electrons. The van der Waals surface area contributed by atoms with Crippen molar-refractivity contribution in [1.29, 1.82) is 0 Å². The molecule has 1 aliphatic heterocycles. The Morgan fingerprint density at radius 1 is 1.35 bits per heavy atom. The third kappa shape index (κ3) is 3.28. The van der Waals surface area contributed by atoms with Crippen LogP contribution in [0.1, 0.15) is 6.42 Å². The lowest BCUT2D eigenvalue weighted by molar-refractivity contribution is -0.143. The van der Waals surface area contributed by atoms with Crippen molar-refractivity contribution < 1.29 is 9.59 Å². The van der Waals surface area contributed by atoms with Gasteiger partial charge in [0.15, 0.2) is 0 Å². The lowest BCUT2D eigenvalue weighted by Gasteiger charge is -2.18. The minimum Gasteiger partial charge on any atom is -0.333 e. The van der Waals surface area contributed by atoms with Crippen LogP contribution >= 0.6 is 11.3 Å². The van der Waals surface area contributed by atoms with E-state index in [2.05, 4.69) is 10.6 Å². The van der Waals surface area contributed by atoms with E-state index in [0.717, 1.165) is 19.5 Å². The molecule has 2 N–H and O–H groups in total. The van der Waals surface area contributed by atoms with E-state index in [1.165, 1.54) is 11.3 Å². The Morgan fingerprint density at radius 3 is 3.00 bits per heavy atom. The van der Waals surface area contributed by atoms with Crippen LogP contribution in [0.2, 0.25) is 0 Å². The fourth-order valence-electron chi connectivity index (χ4n) is 1.71. The van der Waals surface area contributed by atoms with Crippen LogP contribution in [-0.4, -0.2) is 42.9 Å². The van der Waals surface area contributed by atoms with Crippen molar-refractivity contribution in [3.05, 3.63) is 16.8 Å². The van der Waals surface area contributed by atoms with Gasteiger partial charge in [-0.25, -0.2) is 0 Å². The Bertz CT molecular complexity index is 383. The van der Waals surface area contributed by atoms with Gasteiger partial charge in [0.05, 0.1) is 5.69 Å². The van der Waals surface area contributed by atoms with Gasteiger partial charge in [0.1, 0.15) is 0 Å². The number of thiophene rings is 1. The molecule has 1 saturated heterocycles. The highest BCUT2D eigenvalue weighted by atomic mass is 32.1. The lowest BCUT2D eigenvalue weighted by atomic mass is 10.3. The summed E-state index contributed by atoms with van der Waals surface area (Å²) in [5.74, 6) is -0.995. The van der Waals surface area contributed by atoms with Crippen molar-refractivity contribution in [2.45, 2.75) is 6.42 Å². The molecule has 0 bridgehead atoms. The molecule has 6 heteroatoms. The van der Waals surface area contributed by atoms with E-state index < -0.39 is 11.8 Å². The number of anilines is 1. The molecule has 1 aromatic rings. The second-order valence-electron chi connectivity index (χ2n) is 3.86. The number of nitrogens with zero attached hydrogens (tertiary/aromatic N) is 1. The summed E-state index contributed by atoms with van der Waals surface area (Å²) >= 11 is 1.48. The van der Waals surface area contributed by atoms with Gasteiger partial charge in [-0.15, -0.1) is 0 Å². The van der Waals surface area contributed by atoms with Crippen LogP contribution in [0.5, 0.6) is 0 Å². The number of carbonyl (C=O) groups excluding carboxylic acids is 2. The molecule has 2 rings (SSSR count). The third-order valence-electron chi connectivity index (χ3n) is 2.60. The summed E-state index contributed by atoms with van der Waals surface area (Å²) in [5.41, 5.74) is 0.682. The van der Waals surface area contributed by atoms with E-state index in [0.29, 0.717) is 18.8 Å². The summed E-state index contributed by atoms with van der Waals surface area (Å²) in [5, 5.41) is 9.45. The normalized spacial score (nSPS) is 16.4. The van der Waals surface area contributed by atoms with Crippen LogP contribution in [0, 0.1) is 0 Å². The van der Waals surface area contributed by atoms with E-state index in [1.807, 2.05) is 5.38 Å². The molecule has 0 atom stereocenters. The third-order valence-corrected chi connectivity index (χ3v) is 3.28. The summed E-state index contributed by atoms with van der Waals surface area (Å²) in [6.07, 6.45) is 0.886. The maximum absolute atomic E-state index is 11.9. The maximum Gasteiger partial charge on any atom is 0.313 e. The van der Waals surface area contributed by atoms with Crippen LogP contribution in [0.15, 0.2) is 16.8 Å². The predicted octanol–water partition coefficient (Wildman–Crippen LogP) is 0.508. The summed E-state index contributed by atoms with van der Waals surface area (Å²) in [7, 11) is 0. The Balaban J connectivity index is 1.91. The van der Waals surface area contributed by atoms with Gasteiger partial charge in [-0.3, -0.25) is 9.59 Å². The van der Waals surface area contributed by atoms with Crippen molar-refractivity contribution in [3.63, 3.8) is 0 Å². The molecule has 0 spiro atoms. The summed E-state index contributed by atoms with van der Waals surface area (Å²) in [4.78, 5) is 25.2. The number of rotatable bonds is 1. The van der Waals surface area contributed by atoms with E-state index in [1.54, 1.807) is 16.3 Å². The van der Waals surface area contributed by atoms with Crippen LogP contribution in [-0.2, 0) is 9.59 Å². The van der Waals surface area contributed by atoms with Gasteiger partial charge in [-0.1, -0.05) is 0 Å². The Kier molecular flexibility index (Phi) is 4.11. The second-order valence-corrected chi connectivity index (χ2v) is 4.64. The number of carbonyl (C=O) groups is 2. The van der Waals surface area contributed by atoms with E-state index in [9.17, 15) is 9.59 Å². The number of hydrogen-bond acceptors (Lipinski definition) is 4. The Labute approximate surface area is 104 Å². The van der Waals surface area contributed by atoms with Gasteiger partial charge in [-0.05, 0) is 24.4 Å². The first-order valence-electron chi connectivity index (χ1n) is 5.60. The highest BCUT2D eigenvalue weighted by Gasteiger charge is 2.22. The quantitative estimate of drug-likeness (QED) is 0.717. The monoisotopic (exact) mass is 253 g/mol. The molecular weight excluding hydrogens is 238 g/mol.